The van der Waals surface area contributed by atoms with Crippen LogP contribution in [0.1, 0.15) is 13.8 Å². The maximum absolute atomic E-state index is 5.38. The van der Waals surface area contributed by atoms with E-state index in [0.29, 0.717) is 5.70 Å². The van der Waals surface area contributed by atoms with Crippen LogP contribution in [0.5, 0.6) is 0 Å². The van der Waals surface area contributed by atoms with Gasteiger partial charge < -0.3 is 5.73 Å². The van der Waals surface area contributed by atoms with Gasteiger partial charge in [0.1, 0.15) is 0 Å². The summed E-state index contributed by atoms with van der Waals surface area (Å²) in [4.78, 5) is 0. The highest BCUT2D eigenvalue weighted by Crippen LogP contribution is 1.98. The Labute approximate surface area is 56.6 Å². The van der Waals surface area contributed by atoms with Gasteiger partial charge in [-0.15, -0.1) is 0 Å². The van der Waals surface area contributed by atoms with Crippen LogP contribution in [0.4, 0.5) is 0 Å². The van der Waals surface area contributed by atoms with Crippen LogP contribution in [0.3, 0.4) is 0 Å². The Morgan fingerprint density at radius 1 is 1.56 bits per heavy atom. The van der Waals surface area contributed by atoms with Crippen molar-refractivity contribution in [2.24, 2.45) is 5.73 Å². The molecule has 0 bridgehead atoms. The van der Waals surface area contributed by atoms with Crippen molar-refractivity contribution in [3.63, 3.8) is 0 Å². The molecule has 0 spiro atoms. The van der Waals surface area contributed by atoms with E-state index in [1.165, 1.54) is 0 Å². The molecule has 0 saturated carbocycles. The largest absolute Gasteiger partial charge is 0.399 e. The van der Waals surface area contributed by atoms with Gasteiger partial charge in [0, 0.05) is 5.70 Å². The van der Waals surface area contributed by atoms with Crippen LogP contribution in [-0.4, -0.2) is 0 Å². The van der Waals surface area contributed by atoms with Gasteiger partial charge in [-0.1, -0.05) is 24.8 Å². The van der Waals surface area contributed by atoms with Crippen molar-refractivity contribution < 1.29 is 0 Å². The van der Waals surface area contributed by atoms with Gasteiger partial charge in [0.2, 0.25) is 0 Å². The zero-order valence-electron chi connectivity index (χ0n) is 6.02. The van der Waals surface area contributed by atoms with Gasteiger partial charge in [0.25, 0.3) is 0 Å². The minimum atomic E-state index is 0.633. The Morgan fingerprint density at radius 2 is 2.11 bits per heavy atom. The molecule has 0 aromatic carbocycles. The summed E-state index contributed by atoms with van der Waals surface area (Å²) in [5, 5.41) is 0. The first-order valence-corrected chi connectivity index (χ1v) is 2.92. The Bertz CT molecular complexity index is 152. The highest BCUT2D eigenvalue weighted by molar-refractivity contribution is 5.26. The zero-order valence-corrected chi connectivity index (χ0v) is 6.02. The van der Waals surface area contributed by atoms with E-state index in [-0.39, 0.29) is 0 Å². The molecule has 1 nitrogen and oxygen atoms in total. The standard InChI is InChI=1S/C8H13N/c1-4-5-6-7(2)8(3)9/h4-6H,3,9H2,1-2H3/b5-4-,7-6?. The summed E-state index contributed by atoms with van der Waals surface area (Å²) >= 11 is 0. The fourth-order valence-corrected chi connectivity index (χ4v) is 0.348. The lowest BCUT2D eigenvalue weighted by atomic mass is 10.2. The molecule has 0 rings (SSSR count). The van der Waals surface area contributed by atoms with Gasteiger partial charge in [-0.05, 0) is 19.4 Å². The topological polar surface area (TPSA) is 26.0 Å². The lowest BCUT2D eigenvalue weighted by Crippen LogP contribution is -1.94. The van der Waals surface area contributed by atoms with E-state index in [0.717, 1.165) is 5.57 Å². The lowest BCUT2D eigenvalue weighted by Gasteiger charge is -1.93. The molecule has 0 unspecified atom stereocenters. The minimum Gasteiger partial charge on any atom is -0.399 e. The van der Waals surface area contributed by atoms with E-state index in [2.05, 4.69) is 6.58 Å². The second-order valence-electron chi connectivity index (χ2n) is 1.90. The Morgan fingerprint density at radius 3 is 2.44 bits per heavy atom. The third-order valence-electron chi connectivity index (χ3n) is 1.05. The van der Waals surface area contributed by atoms with Crippen molar-refractivity contribution in [3.8, 4) is 0 Å². The normalized spacial score (nSPS) is 12.4. The molecule has 0 radical (unpaired) electrons. The Kier molecular flexibility index (Phi) is 3.52. The fourth-order valence-electron chi connectivity index (χ4n) is 0.348. The third kappa shape index (κ3) is 3.59. The quantitative estimate of drug-likeness (QED) is 0.558. The summed E-state index contributed by atoms with van der Waals surface area (Å²) in [7, 11) is 0. The molecule has 0 aromatic heterocycles. The molecular formula is C8H13N. The van der Waals surface area contributed by atoms with E-state index in [1.54, 1.807) is 0 Å². The summed E-state index contributed by atoms with van der Waals surface area (Å²) in [5.74, 6) is 0. The van der Waals surface area contributed by atoms with Crippen molar-refractivity contribution >= 4 is 0 Å². The number of hydrogen-bond donors (Lipinski definition) is 1. The SMILES string of the molecule is C=C(N)C(C)=C/C=C\C. The number of hydrogen-bond acceptors (Lipinski definition) is 1. The Hall–Kier alpha value is -0.980. The summed E-state index contributed by atoms with van der Waals surface area (Å²) in [6.45, 7) is 7.48. The first-order chi connectivity index (χ1) is 4.18. The smallest absolute Gasteiger partial charge is 0.0270 e. The van der Waals surface area contributed by atoms with E-state index in [4.69, 9.17) is 5.73 Å². The van der Waals surface area contributed by atoms with E-state index < -0.39 is 0 Å². The summed E-state index contributed by atoms with van der Waals surface area (Å²) in [6, 6.07) is 0. The molecular weight excluding hydrogens is 110 g/mol. The summed E-state index contributed by atoms with van der Waals surface area (Å²) < 4.78 is 0. The Balaban J connectivity index is 4.00. The lowest BCUT2D eigenvalue weighted by molar-refractivity contribution is 1.31. The van der Waals surface area contributed by atoms with Crippen molar-refractivity contribution in [1.82, 2.24) is 0 Å². The minimum absolute atomic E-state index is 0.633. The first-order valence-electron chi connectivity index (χ1n) is 2.92. The molecule has 0 aliphatic rings. The maximum atomic E-state index is 5.38. The van der Waals surface area contributed by atoms with Gasteiger partial charge in [0.15, 0.2) is 0 Å². The predicted octanol–water partition coefficient (Wildman–Crippen LogP) is 1.98. The molecule has 0 aliphatic carbocycles. The van der Waals surface area contributed by atoms with Gasteiger partial charge in [0.05, 0.1) is 0 Å². The van der Waals surface area contributed by atoms with Gasteiger partial charge in [-0.2, -0.15) is 0 Å². The molecule has 0 aromatic rings. The molecule has 0 aliphatic heterocycles. The van der Waals surface area contributed by atoms with Crippen LogP contribution in [-0.2, 0) is 0 Å². The fraction of sp³-hybridized carbons (Fsp3) is 0.250. The molecule has 0 amide bonds. The molecule has 0 atom stereocenters. The van der Waals surface area contributed by atoms with Crippen molar-refractivity contribution in [2.75, 3.05) is 0 Å². The van der Waals surface area contributed by atoms with Crippen LogP contribution in [0, 0.1) is 0 Å². The molecule has 2 N–H and O–H groups in total. The second-order valence-corrected chi connectivity index (χ2v) is 1.90. The number of allylic oxidation sites excluding steroid dienone is 4. The summed E-state index contributed by atoms with van der Waals surface area (Å²) in [6.07, 6.45) is 5.82. The van der Waals surface area contributed by atoms with Gasteiger partial charge in [-0.3, -0.25) is 0 Å². The van der Waals surface area contributed by atoms with Gasteiger partial charge >= 0.3 is 0 Å². The average Bonchev–Trinajstić information content (AvgIpc) is 1.82. The van der Waals surface area contributed by atoms with Crippen molar-refractivity contribution in [1.29, 1.82) is 0 Å². The van der Waals surface area contributed by atoms with Crippen molar-refractivity contribution in [2.45, 2.75) is 13.8 Å². The molecule has 9 heavy (non-hydrogen) atoms. The van der Waals surface area contributed by atoms with Crippen LogP contribution in [0.25, 0.3) is 0 Å². The molecule has 0 heterocycles. The highest BCUT2D eigenvalue weighted by Gasteiger charge is 1.83. The van der Waals surface area contributed by atoms with E-state index >= 15 is 0 Å². The van der Waals surface area contributed by atoms with Crippen LogP contribution in [0.15, 0.2) is 36.1 Å². The third-order valence-corrected chi connectivity index (χ3v) is 1.05. The predicted molar refractivity (Wildman–Crippen MR) is 41.9 cm³/mol. The molecule has 1 heteroatoms. The van der Waals surface area contributed by atoms with Gasteiger partial charge in [-0.25, -0.2) is 0 Å². The first kappa shape index (κ1) is 8.02. The maximum Gasteiger partial charge on any atom is 0.0270 e. The van der Waals surface area contributed by atoms with Crippen LogP contribution >= 0.6 is 0 Å². The van der Waals surface area contributed by atoms with Crippen molar-refractivity contribution in [3.05, 3.63) is 36.1 Å². The molecule has 50 valence electrons. The van der Waals surface area contributed by atoms with Crippen LogP contribution in [0.2, 0.25) is 0 Å². The number of nitrogens with two attached hydrogens (primary N) is 1. The average molecular weight is 123 g/mol. The molecule has 0 fully saturated rings. The number of rotatable bonds is 2. The second kappa shape index (κ2) is 3.96. The summed E-state index contributed by atoms with van der Waals surface area (Å²) in [5.41, 5.74) is 7.03. The van der Waals surface area contributed by atoms with E-state index in [1.807, 2.05) is 32.1 Å². The highest BCUT2D eigenvalue weighted by atomic mass is 14.6. The monoisotopic (exact) mass is 123 g/mol. The molecule has 0 saturated heterocycles. The van der Waals surface area contributed by atoms with E-state index in [9.17, 15) is 0 Å². The zero-order chi connectivity index (χ0) is 7.28. The van der Waals surface area contributed by atoms with Crippen LogP contribution < -0.4 is 5.73 Å².